The molecule has 0 aliphatic heterocycles. The zero-order chi connectivity index (χ0) is 28.8. The summed E-state index contributed by atoms with van der Waals surface area (Å²) in [6, 6.07) is 30.4. The summed E-state index contributed by atoms with van der Waals surface area (Å²) in [5, 5.41) is 27.2. The van der Waals surface area contributed by atoms with Crippen LogP contribution in [0.5, 0.6) is 11.5 Å². The first kappa shape index (κ1) is 27.1. The molecule has 3 N–H and O–H groups in total. The minimum absolute atomic E-state index is 0.0724. The largest absolute Gasteiger partial charge is 0.505 e. The summed E-state index contributed by atoms with van der Waals surface area (Å²) in [7, 11) is 1.51. The van der Waals surface area contributed by atoms with E-state index in [4.69, 9.17) is 4.74 Å². The number of rotatable bonds is 8. The van der Waals surface area contributed by atoms with Crippen molar-refractivity contribution < 1.29 is 19.4 Å². The average Bonchev–Trinajstić information content (AvgIpc) is 3.01. The van der Waals surface area contributed by atoms with Crippen molar-refractivity contribution in [3.63, 3.8) is 0 Å². The molecule has 0 aliphatic rings. The second-order valence-electron chi connectivity index (χ2n) is 9.22. The van der Waals surface area contributed by atoms with Crippen LogP contribution in [0.4, 0.5) is 22.7 Å². The molecule has 204 valence electrons. The van der Waals surface area contributed by atoms with Gasteiger partial charge in [-0.1, -0.05) is 67.6 Å². The Kier molecular flexibility index (Phi) is 8.01. The van der Waals surface area contributed by atoms with E-state index in [9.17, 15) is 14.7 Å². The van der Waals surface area contributed by atoms with E-state index in [1.54, 1.807) is 48.5 Å². The average molecular weight is 545 g/mol. The number of carbonyl (C=O) groups excluding carboxylic acids is 2. The maximum atomic E-state index is 13.1. The van der Waals surface area contributed by atoms with Crippen molar-refractivity contribution in [2.24, 2.45) is 10.2 Å². The number of amides is 2. The highest BCUT2D eigenvalue weighted by Gasteiger charge is 2.19. The molecular formula is C33H28N4O4. The number of aryl methyl sites for hydroxylation is 1. The van der Waals surface area contributed by atoms with Crippen LogP contribution in [0.1, 0.15) is 33.2 Å². The van der Waals surface area contributed by atoms with Crippen LogP contribution >= 0.6 is 0 Å². The van der Waals surface area contributed by atoms with Gasteiger partial charge in [-0.05, 0) is 53.8 Å². The number of hydrogen-bond acceptors (Lipinski definition) is 6. The number of methoxy groups -OCH3 is 1. The molecule has 0 aromatic heterocycles. The van der Waals surface area contributed by atoms with E-state index < -0.39 is 5.91 Å². The molecule has 0 saturated carbocycles. The van der Waals surface area contributed by atoms with Gasteiger partial charge in [0.2, 0.25) is 0 Å². The summed E-state index contributed by atoms with van der Waals surface area (Å²) < 4.78 is 5.62. The smallest absolute Gasteiger partial charge is 0.259 e. The number of phenols is 1. The lowest BCUT2D eigenvalue weighted by atomic mass is 10.0. The second kappa shape index (κ2) is 12.1. The highest BCUT2D eigenvalue weighted by Crippen LogP contribution is 2.42. The van der Waals surface area contributed by atoms with Gasteiger partial charge in [-0.2, -0.15) is 0 Å². The summed E-state index contributed by atoms with van der Waals surface area (Å²) in [5.74, 6) is -0.602. The fourth-order valence-corrected chi connectivity index (χ4v) is 4.48. The molecule has 0 saturated heterocycles. The molecule has 2 amide bonds. The predicted molar refractivity (Wildman–Crippen MR) is 161 cm³/mol. The van der Waals surface area contributed by atoms with Crippen LogP contribution < -0.4 is 15.4 Å². The van der Waals surface area contributed by atoms with Crippen LogP contribution in [0.2, 0.25) is 0 Å². The van der Waals surface area contributed by atoms with Crippen LogP contribution in [0.3, 0.4) is 0 Å². The summed E-state index contributed by atoms with van der Waals surface area (Å²) in [5.41, 5.74) is 3.15. The normalized spacial score (nSPS) is 11.0. The molecule has 5 aromatic carbocycles. The SMILES string of the molecule is CCc1cc(NC(=O)c2ccccc2)cc(OC)c1N=Nc1c(O)c(C(=O)Nc2ccccc2)cc2ccccc12. The van der Waals surface area contributed by atoms with Crippen LogP contribution in [0.25, 0.3) is 10.8 Å². The number of hydrogen-bond donors (Lipinski definition) is 3. The molecule has 0 spiro atoms. The van der Waals surface area contributed by atoms with Crippen LogP contribution in [-0.4, -0.2) is 24.0 Å². The first-order valence-corrected chi connectivity index (χ1v) is 13.1. The molecule has 0 radical (unpaired) electrons. The van der Waals surface area contributed by atoms with E-state index in [0.717, 1.165) is 10.9 Å². The fourth-order valence-electron chi connectivity index (χ4n) is 4.48. The van der Waals surface area contributed by atoms with Gasteiger partial charge in [0.1, 0.15) is 17.1 Å². The van der Waals surface area contributed by atoms with Crippen LogP contribution in [0.15, 0.2) is 113 Å². The minimum atomic E-state index is -0.471. The van der Waals surface area contributed by atoms with E-state index in [2.05, 4.69) is 20.9 Å². The van der Waals surface area contributed by atoms with E-state index in [1.165, 1.54) is 7.11 Å². The summed E-state index contributed by atoms with van der Waals surface area (Å²) in [6.45, 7) is 1.96. The monoisotopic (exact) mass is 544 g/mol. The Bertz CT molecular complexity index is 1730. The summed E-state index contributed by atoms with van der Waals surface area (Å²) in [4.78, 5) is 25.9. The van der Waals surface area contributed by atoms with Crippen molar-refractivity contribution in [2.45, 2.75) is 13.3 Å². The minimum Gasteiger partial charge on any atom is -0.505 e. The van der Waals surface area contributed by atoms with Gasteiger partial charge in [0.15, 0.2) is 5.75 Å². The van der Waals surface area contributed by atoms with Gasteiger partial charge in [-0.15, -0.1) is 10.2 Å². The zero-order valence-corrected chi connectivity index (χ0v) is 22.6. The molecule has 8 nitrogen and oxygen atoms in total. The first-order valence-electron chi connectivity index (χ1n) is 13.1. The Hall–Kier alpha value is -5.50. The standard InChI is InChI=1S/C33H28N4O4/c1-3-21-18-25(35-32(39)22-12-6-4-7-13-22)20-28(41-2)29(21)36-37-30-26-17-11-10-14-23(26)19-27(31(30)38)33(40)34-24-15-8-5-9-16-24/h4-20,38H,3H2,1-2H3,(H,34,40)(H,35,39). The molecular weight excluding hydrogens is 516 g/mol. The van der Waals surface area contributed by atoms with Gasteiger partial charge >= 0.3 is 0 Å². The number of aromatic hydroxyl groups is 1. The van der Waals surface area contributed by atoms with Crippen molar-refractivity contribution in [1.82, 2.24) is 0 Å². The first-order chi connectivity index (χ1) is 20.0. The maximum absolute atomic E-state index is 13.1. The number of anilines is 2. The fraction of sp³-hybridized carbons (Fsp3) is 0.0909. The number of carbonyl (C=O) groups is 2. The molecule has 0 aliphatic carbocycles. The number of ether oxygens (including phenoxy) is 1. The quantitative estimate of drug-likeness (QED) is 0.172. The van der Waals surface area contributed by atoms with E-state index in [0.29, 0.717) is 40.2 Å². The molecule has 0 atom stereocenters. The topological polar surface area (TPSA) is 112 Å². The Morgan fingerprint density at radius 1 is 0.756 bits per heavy atom. The molecule has 5 aromatic rings. The number of nitrogens with zero attached hydrogens (tertiary/aromatic N) is 2. The van der Waals surface area contributed by atoms with Gasteiger partial charge in [0.05, 0.1) is 12.7 Å². The Labute approximate surface area is 237 Å². The molecule has 0 unspecified atom stereocenters. The highest BCUT2D eigenvalue weighted by molar-refractivity contribution is 6.11. The van der Waals surface area contributed by atoms with Crippen LogP contribution in [-0.2, 0) is 6.42 Å². The molecule has 8 heteroatoms. The Morgan fingerprint density at radius 3 is 2.10 bits per heavy atom. The number of azo groups is 1. The number of nitrogens with one attached hydrogen (secondary N) is 2. The zero-order valence-electron chi connectivity index (χ0n) is 22.6. The lowest BCUT2D eigenvalue weighted by Gasteiger charge is -2.14. The third-order valence-electron chi connectivity index (χ3n) is 6.57. The van der Waals surface area contributed by atoms with Crippen molar-refractivity contribution in [2.75, 3.05) is 17.7 Å². The highest BCUT2D eigenvalue weighted by atomic mass is 16.5. The van der Waals surface area contributed by atoms with Gasteiger partial charge in [-0.3, -0.25) is 9.59 Å². The number of para-hydroxylation sites is 1. The molecule has 0 heterocycles. The van der Waals surface area contributed by atoms with Crippen molar-refractivity contribution in [3.05, 3.63) is 120 Å². The van der Waals surface area contributed by atoms with Crippen molar-refractivity contribution in [1.29, 1.82) is 0 Å². The number of benzene rings is 5. The van der Waals surface area contributed by atoms with Gasteiger partial charge in [-0.25, -0.2) is 0 Å². The van der Waals surface area contributed by atoms with E-state index in [-0.39, 0.29) is 22.9 Å². The van der Waals surface area contributed by atoms with Crippen molar-refractivity contribution in [3.8, 4) is 11.5 Å². The summed E-state index contributed by atoms with van der Waals surface area (Å²) in [6.07, 6.45) is 0.575. The predicted octanol–water partition coefficient (Wildman–Crippen LogP) is 8.04. The number of phenolic OH excluding ortho intramolecular Hbond substituents is 1. The van der Waals surface area contributed by atoms with E-state index >= 15 is 0 Å². The maximum Gasteiger partial charge on any atom is 0.259 e. The van der Waals surface area contributed by atoms with Crippen LogP contribution in [0, 0.1) is 0 Å². The lowest BCUT2D eigenvalue weighted by Crippen LogP contribution is -2.12. The molecule has 41 heavy (non-hydrogen) atoms. The Balaban J connectivity index is 1.53. The number of fused-ring (bicyclic) bond motifs is 1. The second-order valence-corrected chi connectivity index (χ2v) is 9.22. The molecule has 0 bridgehead atoms. The molecule has 5 rings (SSSR count). The third kappa shape index (κ3) is 5.91. The summed E-state index contributed by atoms with van der Waals surface area (Å²) >= 11 is 0. The van der Waals surface area contributed by atoms with E-state index in [1.807, 2.05) is 61.5 Å². The third-order valence-corrected chi connectivity index (χ3v) is 6.57. The van der Waals surface area contributed by atoms with Gasteiger partial charge in [0, 0.05) is 28.4 Å². The van der Waals surface area contributed by atoms with Gasteiger partial charge < -0.3 is 20.5 Å². The Morgan fingerprint density at radius 2 is 1.39 bits per heavy atom. The van der Waals surface area contributed by atoms with Gasteiger partial charge in [0.25, 0.3) is 11.8 Å². The van der Waals surface area contributed by atoms with Crippen molar-refractivity contribution >= 4 is 45.3 Å². The lowest BCUT2D eigenvalue weighted by molar-refractivity contribution is 0.101. The molecule has 0 fully saturated rings.